The van der Waals surface area contributed by atoms with E-state index in [1.54, 1.807) is 18.2 Å². The molecule has 0 saturated heterocycles. The highest BCUT2D eigenvalue weighted by molar-refractivity contribution is 5.44. The highest BCUT2D eigenvalue weighted by Gasteiger charge is 1.98. The molecule has 1 radical (unpaired) electrons. The summed E-state index contributed by atoms with van der Waals surface area (Å²) in [7, 11) is 3.21. The average molecular weight is 150 g/mol. The van der Waals surface area contributed by atoms with Gasteiger partial charge in [-0.05, 0) is 11.2 Å². The van der Waals surface area contributed by atoms with Crippen molar-refractivity contribution in [1.82, 2.24) is 0 Å². The second kappa shape index (κ2) is 3.83. The summed E-state index contributed by atoms with van der Waals surface area (Å²) in [6.45, 7) is 0.321. The maximum Gasteiger partial charge on any atom is 0.113 e. The lowest BCUT2D eigenvalue weighted by molar-refractivity contribution is 0.229. The van der Waals surface area contributed by atoms with E-state index in [9.17, 15) is 4.91 Å². The Hall–Kier alpha value is -1.22. The molecule has 3 heteroatoms. The van der Waals surface area contributed by atoms with Crippen LogP contribution in [0.15, 0.2) is 29.4 Å². The molecule has 0 aliphatic carbocycles. The predicted molar refractivity (Wildman–Crippen MR) is 42.0 cm³/mol. The lowest BCUT2D eigenvalue weighted by Crippen LogP contribution is -1.84. The molecule has 0 unspecified atom stereocenters. The number of nitrogens with zero attached hydrogens (tertiary/aromatic N) is 1. The van der Waals surface area contributed by atoms with E-state index in [0.29, 0.717) is 12.3 Å². The maximum atomic E-state index is 10.2. The second-order valence-corrected chi connectivity index (χ2v) is 2.07. The molecule has 0 N–H and O–H groups in total. The van der Waals surface area contributed by atoms with Gasteiger partial charge in [-0.3, -0.25) is 0 Å². The Labute approximate surface area is 65.0 Å². The van der Waals surface area contributed by atoms with E-state index >= 15 is 0 Å². The quantitative estimate of drug-likeness (QED) is 0.620. The van der Waals surface area contributed by atoms with Crippen molar-refractivity contribution in [2.75, 3.05) is 0 Å². The van der Waals surface area contributed by atoms with Crippen molar-refractivity contribution < 1.29 is 4.74 Å². The molecule has 0 fully saturated rings. The Kier molecular flexibility index (Phi) is 2.74. The zero-order valence-electron chi connectivity index (χ0n) is 5.99. The third-order valence-electron chi connectivity index (χ3n) is 1.35. The number of benzene rings is 1. The molecule has 0 atom stereocenters. The molecule has 0 aliphatic heterocycles. The molecular weight excluding hydrogens is 142 g/mol. The fourth-order valence-electron chi connectivity index (χ4n) is 0.832. The maximum absolute atomic E-state index is 10.2. The number of ether oxygens (including phenoxy) is 1. The molecule has 0 aromatic heterocycles. The van der Waals surface area contributed by atoms with Crippen LogP contribution in [-0.4, -0.2) is 0 Å². The minimum atomic E-state index is 0.321. The first kappa shape index (κ1) is 7.88. The van der Waals surface area contributed by atoms with Gasteiger partial charge in [0.25, 0.3) is 0 Å². The van der Waals surface area contributed by atoms with Crippen molar-refractivity contribution in [3.63, 3.8) is 0 Å². The molecule has 1 aromatic rings. The van der Waals surface area contributed by atoms with Gasteiger partial charge in [-0.2, -0.15) is 0 Å². The topological polar surface area (TPSA) is 38.7 Å². The Morgan fingerprint density at radius 2 is 2.18 bits per heavy atom. The molecule has 0 bridgehead atoms. The molecule has 0 heterocycles. The van der Waals surface area contributed by atoms with E-state index in [-0.39, 0.29) is 0 Å². The number of hydrogen-bond acceptors (Lipinski definition) is 3. The van der Waals surface area contributed by atoms with E-state index in [0.717, 1.165) is 5.56 Å². The lowest BCUT2D eigenvalue weighted by atomic mass is 10.2. The van der Waals surface area contributed by atoms with Crippen molar-refractivity contribution in [2.24, 2.45) is 5.18 Å². The first-order valence-corrected chi connectivity index (χ1v) is 3.16. The van der Waals surface area contributed by atoms with Gasteiger partial charge >= 0.3 is 0 Å². The molecule has 1 aromatic carbocycles. The van der Waals surface area contributed by atoms with E-state index in [1.807, 2.05) is 6.07 Å². The van der Waals surface area contributed by atoms with Crippen LogP contribution in [0.1, 0.15) is 5.56 Å². The van der Waals surface area contributed by atoms with Crippen LogP contribution in [0.2, 0.25) is 0 Å². The lowest BCUT2D eigenvalue weighted by Gasteiger charge is -1.99. The fourth-order valence-corrected chi connectivity index (χ4v) is 0.832. The molecule has 57 valence electrons. The van der Waals surface area contributed by atoms with Crippen LogP contribution in [0.25, 0.3) is 0 Å². The molecular formula is C8H8NO2. The van der Waals surface area contributed by atoms with Gasteiger partial charge in [0.05, 0.1) is 13.7 Å². The Bertz CT molecular complexity index is 248. The van der Waals surface area contributed by atoms with Crippen LogP contribution in [0.3, 0.4) is 0 Å². The van der Waals surface area contributed by atoms with Gasteiger partial charge in [-0.1, -0.05) is 18.2 Å². The SMILES string of the molecule is [CH2]OCc1ccccc1N=O. The van der Waals surface area contributed by atoms with Gasteiger partial charge in [0.15, 0.2) is 0 Å². The average Bonchev–Trinajstić information content (AvgIpc) is 2.06. The molecule has 0 spiro atoms. The van der Waals surface area contributed by atoms with Gasteiger partial charge in [-0.15, -0.1) is 4.91 Å². The second-order valence-electron chi connectivity index (χ2n) is 2.07. The van der Waals surface area contributed by atoms with Gasteiger partial charge in [0.2, 0.25) is 0 Å². The summed E-state index contributed by atoms with van der Waals surface area (Å²) >= 11 is 0. The molecule has 1 rings (SSSR count). The number of hydrogen-bond donors (Lipinski definition) is 0. The zero-order chi connectivity index (χ0) is 8.10. The Balaban J connectivity index is 2.92. The fraction of sp³-hybridized carbons (Fsp3) is 0.125. The summed E-state index contributed by atoms with van der Waals surface area (Å²) < 4.78 is 4.62. The first-order valence-electron chi connectivity index (χ1n) is 3.16. The van der Waals surface area contributed by atoms with Gasteiger partial charge in [0.1, 0.15) is 5.69 Å². The molecule has 0 aliphatic rings. The largest absolute Gasteiger partial charge is 0.374 e. The third-order valence-corrected chi connectivity index (χ3v) is 1.35. The molecule has 11 heavy (non-hydrogen) atoms. The van der Waals surface area contributed by atoms with Crippen LogP contribution in [0.5, 0.6) is 0 Å². The smallest absolute Gasteiger partial charge is 0.113 e. The summed E-state index contributed by atoms with van der Waals surface area (Å²) in [6.07, 6.45) is 0. The molecule has 0 amide bonds. The highest BCUT2D eigenvalue weighted by atomic mass is 16.5. The summed E-state index contributed by atoms with van der Waals surface area (Å²) in [5.41, 5.74) is 1.17. The minimum Gasteiger partial charge on any atom is -0.374 e. The summed E-state index contributed by atoms with van der Waals surface area (Å²) in [5.74, 6) is 0. The van der Waals surface area contributed by atoms with Crippen LogP contribution >= 0.6 is 0 Å². The monoisotopic (exact) mass is 150 g/mol. The Morgan fingerprint density at radius 3 is 2.82 bits per heavy atom. The van der Waals surface area contributed by atoms with E-state index < -0.39 is 0 Å². The van der Waals surface area contributed by atoms with Crippen molar-refractivity contribution in [2.45, 2.75) is 6.61 Å². The molecule has 3 nitrogen and oxygen atoms in total. The van der Waals surface area contributed by atoms with Gasteiger partial charge in [-0.25, -0.2) is 0 Å². The minimum absolute atomic E-state index is 0.321. The zero-order valence-corrected chi connectivity index (χ0v) is 5.99. The van der Waals surface area contributed by atoms with Crippen LogP contribution in [0, 0.1) is 12.0 Å². The highest BCUT2D eigenvalue weighted by Crippen LogP contribution is 2.18. The van der Waals surface area contributed by atoms with E-state index in [4.69, 9.17) is 0 Å². The van der Waals surface area contributed by atoms with E-state index in [1.165, 1.54) is 0 Å². The van der Waals surface area contributed by atoms with Crippen molar-refractivity contribution >= 4 is 5.69 Å². The van der Waals surface area contributed by atoms with Crippen molar-refractivity contribution in [3.8, 4) is 0 Å². The van der Waals surface area contributed by atoms with Gasteiger partial charge < -0.3 is 4.74 Å². The summed E-state index contributed by atoms with van der Waals surface area (Å²) in [5, 5.41) is 2.83. The number of rotatable bonds is 3. The summed E-state index contributed by atoms with van der Waals surface area (Å²) in [6, 6.07) is 7.00. The van der Waals surface area contributed by atoms with Crippen LogP contribution < -0.4 is 0 Å². The van der Waals surface area contributed by atoms with Crippen LogP contribution in [0.4, 0.5) is 5.69 Å². The predicted octanol–water partition coefficient (Wildman–Crippen LogP) is 2.39. The van der Waals surface area contributed by atoms with Crippen molar-refractivity contribution in [3.05, 3.63) is 41.8 Å². The molecule has 0 saturated carbocycles. The summed E-state index contributed by atoms with van der Waals surface area (Å²) in [4.78, 5) is 10.2. The third kappa shape index (κ3) is 1.85. The van der Waals surface area contributed by atoms with Crippen molar-refractivity contribution in [1.29, 1.82) is 0 Å². The number of nitroso groups, excluding NO2 is 1. The van der Waals surface area contributed by atoms with Crippen LogP contribution in [-0.2, 0) is 11.3 Å². The first-order chi connectivity index (χ1) is 5.38. The van der Waals surface area contributed by atoms with E-state index in [2.05, 4.69) is 17.0 Å². The van der Waals surface area contributed by atoms with Gasteiger partial charge in [0, 0.05) is 5.56 Å². The Morgan fingerprint density at radius 1 is 1.45 bits per heavy atom. The normalized spacial score (nSPS) is 9.55. The standard InChI is InChI=1S/C8H8NO2/c1-11-6-7-4-2-3-5-8(7)9-10/h2-5H,1,6H2.